The van der Waals surface area contributed by atoms with Gasteiger partial charge in [0.15, 0.2) is 6.23 Å². The first-order valence-electron chi connectivity index (χ1n) is 11.8. The number of hydrogen-bond donors (Lipinski definition) is 0. The largest absolute Gasteiger partial charge is 0.356 e. The third-order valence-corrected chi connectivity index (χ3v) is 5.50. The van der Waals surface area contributed by atoms with Gasteiger partial charge < -0.3 is 4.74 Å². The standard InChI is InChI=1S/C25H41N3O/c1-4-6-7-8-9-10-11-12-13-14-20-29-25(15-5-2)28-21-24(26-27-28)23-18-16-22(3)17-19-23/h16-19,21,25H,4-15,20H2,1-3H3. The monoisotopic (exact) mass is 399 g/mol. The molecule has 0 saturated carbocycles. The average molecular weight is 400 g/mol. The van der Waals surface area contributed by atoms with Gasteiger partial charge in [0, 0.05) is 12.2 Å². The van der Waals surface area contributed by atoms with Crippen LogP contribution in [0, 0.1) is 6.92 Å². The van der Waals surface area contributed by atoms with Crippen LogP contribution in [0.4, 0.5) is 0 Å². The number of nitrogens with zero attached hydrogens (tertiary/aromatic N) is 3. The van der Waals surface area contributed by atoms with Gasteiger partial charge in [0.05, 0.1) is 6.20 Å². The predicted molar refractivity (Wildman–Crippen MR) is 122 cm³/mol. The fraction of sp³-hybridized carbons (Fsp3) is 0.680. The van der Waals surface area contributed by atoms with Gasteiger partial charge in [0.25, 0.3) is 0 Å². The number of hydrogen-bond acceptors (Lipinski definition) is 3. The van der Waals surface area contributed by atoms with Crippen LogP contribution in [0.2, 0.25) is 0 Å². The molecule has 162 valence electrons. The first-order valence-corrected chi connectivity index (χ1v) is 11.8. The second-order valence-electron chi connectivity index (χ2n) is 8.25. The quantitative estimate of drug-likeness (QED) is 0.274. The van der Waals surface area contributed by atoms with E-state index in [9.17, 15) is 0 Å². The predicted octanol–water partition coefficient (Wildman–Crippen LogP) is 7.49. The van der Waals surface area contributed by atoms with Gasteiger partial charge >= 0.3 is 0 Å². The van der Waals surface area contributed by atoms with Crippen LogP contribution in [-0.4, -0.2) is 21.6 Å². The van der Waals surface area contributed by atoms with Crippen molar-refractivity contribution in [3.63, 3.8) is 0 Å². The lowest BCUT2D eigenvalue weighted by Crippen LogP contribution is -2.14. The van der Waals surface area contributed by atoms with Crippen LogP contribution in [0.25, 0.3) is 11.3 Å². The molecule has 0 aliphatic carbocycles. The number of rotatable bonds is 16. The van der Waals surface area contributed by atoms with Gasteiger partial charge in [-0.3, -0.25) is 0 Å². The Kier molecular flexibility index (Phi) is 11.7. The highest BCUT2D eigenvalue weighted by molar-refractivity contribution is 5.57. The minimum Gasteiger partial charge on any atom is -0.356 e. The van der Waals surface area contributed by atoms with Crippen molar-refractivity contribution in [1.29, 1.82) is 0 Å². The van der Waals surface area contributed by atoms with Gasteiger partial charge in [0.1, 0.15) is 5.69 Å². The van der Waals surface area contributed by atoms with Crippen molar-refractivity contribution in [3.05, 3.63) is 36.0 Å². The molecule has 0 aliphatic heterocycles. The molecular formula is C25H41N3O. The van der Waals surface area contributed by atoms with Crippen LogP contribution in [0.5, 0.6) is 0 Å². The molecule has 0 N–H and O–H groups in total. The van der Waals surface area contributed by atoms with E-state index >= 15 is 0 Å². The van der Waals surface area contributed by atoms with Crippen molar-refractivity contribution in [3.8, 4) is 11.3 Å². The van der Waals surface area contributed by atoms with Crippen LogP contribution in [-0.2, 0) is 4.74 Å². The van der Waals surface area contributed by atoms with E-state index in [1.165, 1.54) is 63.4 Å². The van der Waals surface area contributed by atoms with Crippen molar-refractivity contribution >= 4 is 0 Å². The molecule has 1 heterocycles. The SMILES string of the molecule is CCCCCCCCCCCCOC(CCC)n1cc(-c2ccc(C)cc2)nn1. The van der Waals surface area contributed by atoms with Crippen molar-refractivity contribution in [2.75, 3.05) is 6.61 Å². The molecule has 0 bridgehead atoms. The van der Waals surface area contributed by atoms with Gasteiger partial charge in [0.2, 0.25) is 0 Å². The fourth-order valence-corrected chi connectivity index (χ4v) is 3.62. The molecule has 4 nitrogen and oxygen atoms in total. The van der Waals surface area contributed by atoms with E-state index in [1.807, 2.05) is 10.9 Å². The van der Waals surface area contributed by atoms with Gasteiger partial charge in [-0.15, -0.1) is 5.10 Å². The van der Waals surface area contributed by atoms with E-state index in [4.69, 9.17) is 4.74 Å². The molecule has 29 heavy (non-hydrogen) atoms. The van der Waals surface area contributed by atoms with Crippen molar-refractivity contribution in [2.24, 2.45) is 0 Å². The molecule has 0 amide bonds. The van der Waals surface area contributed by atoms with E-state index < -0.39 is 0 Å². The first kappa shape index (κ1) is 23.6. The third kappa shape index (κ3) is 9.12. The summed E-state index contributed by atoms with van der Waals surface area (Å²) < 4.78 is 8.07. The lowest BCUT2D eigenvalue weighted by atomic mass is 10.1. The molecule has 0 radical (unpaired) electrons. The highest BCUT2D eigenvalue weighted by atomic mass is 16.5. The molecule has 1 unspecified atom stereocenters. The Hall–Kier alpha value is -1.68. The van der Waals surface area contributed by atoms with Crippen LogP contribution in [0.3, 0.4) is 0 Å². The Bertz CT molecular complexity index is 650. The zero-order valence-electron chi connectivity index (χ0n) is 18.9. The third-order valence-electron chi connectivity index (χ3n) is 5.50. The van der Waals surface area contributed by atoms with Gasteiger partial charge in [-0.2, -0.15) is 0 Å². The minimum absolute atomic E-state index is 0.00901. The normalized spacial score (nSPS) is 12.4. The smallest absolute Gasteiger partial charge is 0.151 e. The molecule has 2 rings (SSSR count). The summed E-state index contributed by atoms with van der Waals surface area (Å²) in [6.07, 6.45) is 17.5. The average Bonchev–Trinajstić information content (AvgIpc) is 3.22. The summed E-state index contributed by atoms with van der Waals surface area (Å²) in [6, 6.07) is 8.42. The van der Waals surface area contributed by atoms with Crippen LogP contribution < -0.4 is 0 Å². The molecule has 0 saturated heterocycles. The highest BCUT2D eigenvalue weighted by Gasteiger charge is 2.13. The Morgan fingerprint density at radius 3 is 2.07 bits per heavy atom. The molecule has 0 spiro atoms. The van der Waals surface area contributed by atoms with Crippen LogP contribution >= 0.6 is 0 Å². The summed E-state index contributed by atoms with van der Waals surface area (Å²) in [7, 11) is 0. The number of ether oxygens (including phenoxy) is 1. The summed E-state index contributed by atoms with van der Waals surface area (Å²) in [4.78, 5) is 0. The first-order chi connectivity index (χ1) is 14.2. The summed E-state index contributed by atoms with van der Waals surface area (Å²) >= 11 is 0. The summed E-state index contributed by atoms with van der Waals surface area (Å²) in [5.41, 5.74) is 3.27. The van der Waals surface area contributed by atoms with E-state index in [0.717, 1.165) is 37.1 Å². The van der Waals surface area contributed by atoms with Crippen LogP contribution in [0.15, 0.2) is 30.5 Å². The maximum atomic E-state index is 6.17. The summed E-state index contributed by atoms with van der Waals surface area (Å²) in [6.45, 7) is 7.37. The van der Waals surface area contributed by atoms with E-state index in [1.54, 1.807) is 0 Å². The van der Waals surface area contributed by atoms with E-state index in [2.05, 4.69) is 55.3 Å². The zero-order chi connectivity index (χ0) is 20.7. The van der Waals surface area contributed by atoms with Crippen molar-refractivity contribution < 1.29 is 4.74 Å². The van der Waals surface area contributed by atoms with Gasteiger partial charge in [-0.1, -0.05) is 113 Å². The number of aryl methyl sites for hydroxylation is 1. The molecular weight excluding hydrogens is 358 g/mol. The molecule has 4 heteroatoms. The fourth-order valence-electron chi connectivity index (χ4n) is 3.62. The lowest BCUT2D eigenvalue weighted by Gasteiger charge is -2.17. The van der Waals surface area contributed by atoms with E-state index in [-0.39, 0.29) is 6.23 Å². The molecule has 1 aromatic carbocycles. The highest BCUT2D eigenvalue weighted by Crippen LogP contribution is 2.21. The second-order valence-corrected chi connectivity index (χ2v) is 8.25. The molecule has 0 fully saturated rings. The lowest BCUT2D eigenvalue weighted by molar-refractivity contribution is -0.0152. The zero-order valence-corrected chi connectivity index (χ0v) is 18.9. The van der Waals surface area contributed by atoms with Crippen molar-refractivity contribution in [1.82, 2.24) is 15.0 Å². The molecule has 1 atom stereocenters. The minimum atomic E-state index is -0.00901. The van der Waals surface area contributed by atoms with Gasteiger partial charge in [-0.25, -0.2) is 4.68 Å². The van der Waals surface area contributed by atoms with Crippen LogP contribution in [0.1, 0.15) is 103 Å². The Morgan fingerprint density at radius 1 is 0.828 bits per heavy atom. The molecule has 2 aromatic rings. The molecule has 1 aromatic heterocycles. The van der Waals surface area contributed by atoms with E-state index in [0.29, 0.717) is 0 Å². The van der Waals surface area contributed by atoms with Gasteiger partial charge in [-0.05, 0) is 19.8 Å². The number of benzene rings is 1. The summed E-state index contributed by atoms with van der Waals surface area (Å²) in [5.74, 6) is 0. The maximum Gasteiger partial charge on any atom is 0.151 e. The van der Waals surface area contributed by atoms with Crippen molar-refractivity contribution in [2.45, 2.75) is 104 Å². The number of aromatic nitrogens is 3. The Balaban J connectivity index is 1.66. The molecule has 0 aliphatic rings. The summed E-state index contributed by atoms with van der Waals surface area (Å²) in [5, 5.41) is 8.70. The second kappa shape index (κ2) is 14.3. The Morgan fingerprint density at radius 2 is 1.45 bits per heavy atom. The maximum absolute atomic E-state index is 6.17. The number of unbranched alkanes of at least 4 members (excludes halogenated alkanes) is 9. The topological polar surface area (TPSA) is 39.9 Å². The Labute approximate surface area is 178 Å².